The zero-order valence-electron chi connectivity index (χ0n) is 10.1. The van der Waals surface area contributed by atoms with Gasteiger partial charge in [-0.05, 0) is 18.2 Å². The molecule has 0 unspecified atom stereocenters. The highest BCUT2D eigenvalue weighted by atomic mass is 35.5. The maximum Gasteiger partial charge on any atom is 0.417 e. The molecule has 5 nitrogen and oxygen atoms in total. The Bertz CT molecular complexity index is 575. The summed E-state index contributed by atoms with van der Waals surface area (Å²) in [5.41, 5.74) is 0.423. The number of rotatable bonds is 3. The van der Waals surface area contributed by atoms with E-state index in [1.54, 1.807) is 24.3 Å². The summed E-state index contributed by atoms with van der Waals surface area (Å²) < 4.78 is 9.98. The molecule has 1 amide bonds. The van der Waals surface area contributed by atoms with Crippen molar-refractivity contribution in [3.8, 4) is 11.6 Å². The predicted octanol–water partition coefficient (Wildman–Crippen LogP) is 3.35. The molecule has 0 spiro atoms. The van der Waals surface area contributed by atoms with Gasteiger partial charge in [-0.25, -0.2) is 9.78 Å². The fraction of sp³-hybridized carbons (Fsp3) is 0.0769. The molecule has 0 atom stereocenters. The van der Waals surface area contributed by atoms with E-state index in [9.17, 15) is 4.79 Å². The van der Waals surface area contributed by atoms with Crippen LogP contribution in [-0.4, -0.2) is 18.2 Å². The molecule has 0 aliphatic carbocycles. The summed E-state index contributed by atoms with van der Waals surface area (Å²) in [5, 5.41) is 2.82. The molecule has 0 aliphatic heterocycles. The highest BCUT2D eigenvalue weighted by Crippen LogP contribution is 2.24. The molecule has 1 N–H and O–H groups in total. The molecule has 0 fully saturated rings. The van der Waals surface area contributed by atoms with Crippen molar-refractivity contribution in [1.29, 1.82) is 0 Å². The van der Waals surface area contributed by atoms with Crippen LogP contribution in [0.4, 0.5) is 10.5 Å². The van der Waals surface area contributed by atoms with Gasteiger partial charge in [-0.3, -0.25) is 5.32 Å². The summed E-state index contributed by atoms with van der Waals surface area (Å²) in [7, 11) is 1.46. The number of nitrogens with zero attached hydrogens (tertiary/aromatic N) is 1. The van der Waals surface area contributed by atoms with Crippen molar-refractivity contribution in [2.24, 2.45) is 0 Å². The van der Waals surface area contributed by atoms with Crippen LogP contribution in [0.1, 0.15) is 0 Å². The van der Waals surface area contributed by atoms with Crippen molar-refractivity contribution >= 4 is 23.4 Å². The Morgan fingerprint density at radius 2 is 2.05 bits per heavy atom. The Morgan fingerprint density at radius 3 is 2.68 bits per heavy atom. The zero-order chi connectivity index (χ0) is 13.7. The monoisotopic (exact) mass is 278 g/mol. The number of amides is 1. The average molecular weight is 279 g/mol. The first-order chi connectivity index (χ1) is 9.19. The Balaban J connectivity index is 2.01. The average Bonchev–Trinajstić information content (AvgIpc) is 2.40. The number of hydrogen-bond donors (Lipinski definition) is 1. The molecule has 0 radical (unpaired) electrons. The van der Waals surface area contributed by atoms with Crippen LogP contribution in [0, 0.1) is 0 Å². The zero-order valence-corrected chi connectivity index (χ0v) is 10.8. The fourth-order valence-corrected chi connectivity index (χ4v) is 1.63. The lowest BCUT2D eigenvalue weighted by molar-refractivity contribution is 0.215. The number of methoxy groups -OCH3 is 1. The van der Waals surface area contributed by atoms with Gasteiger partial charge in [0.2, 0.25) is 5.88 Å². The normalized spacial score (nSPS) is 9.79. The Kier molecular flexibility index (Phi) is 4.20. The molecule has 1 aromatic carbocycles. The molecule has 0 bridgehead atoms. The maximum absolute atomic E-state index is 11.6. The van der Waals surface area contributed by atoms with Crippen molar-refractivity contribution in [2.75, 3.05) is 12.4 Å². The van der Waals surface area contributed by atoms with Gasteiger partial charge in [0.1, 0.15) is 10.8 Å². The van der Waals surface area contributed by atoms with E-state index in [1.165, 1.54) is 19.4 Å². The third kappa shape index (κ3) is 3.59. The third-order valence-corrected chi connectivity index (χ3v) is 2.47. The minimum Gasteiger partial charge on any atom is -0.480 e. The summed E-state index contributed by atoms with van der Waals surface area (Å²) in [4.78, 5) is 15.5. The second-order valence-electron chi connectivity index (χ2n) is 3.54. The number of anilines is 1. The van der Waals surface area contributed by atoms with Gasteiger partial charge < -0.3 is 9.47 Å². The van der Waals surface area contributed by atoms with Gasteiger partial charge in [0.15, 0.2) is 0 Å². The number of carbonyl (C=O) groups is 1. The van der Waals surface area contributed by atoms with E-state index < -0.39 is 6.09 Å². The molecular weight excluding hydrogens is 268 g/mol. The van der Waals surface area contributed by atoms with Gasteiger partial charge in [0.25, 0.3) is 0 Å². The smallest absolute Gasteiger partial charge is 0.417 e. The van der Waals surface area contributed by atoms with E-state index in [0.29, 0.717) is 22.3 Å². The number of pyridine rings is 1. The van der Waals surface area contributed by atoms with E-state index in [2.05, 4.69) is 10.3 Å². The first-order valence-corrected chi connectivity index (χ1v) is 5.80. The third-order valence-electron chi connectivity index (χ3n) is 2.20. The standard InChI is InChI=1S/C13H11ClN2O3/c1-18-12-11(14)7-9(8-15-12)16-13(17)19-10-5-3-2-4-6-10/h2-8H,1H3,(H,16,17). The lowest BCUT2D eigenvalue weighted by atomic mass is 10.3. The Morgan fingerprint density at radius 1 is 1.32 bits per heavy atom. The minimum atomic E-state index is -0.616. The molecule has 6 heteroatoms. The van der Waals surface area contributed by atoms with Crippen molar-refractivity contribution in [3.63, 3.8) is 0 Å². The quantitative estimate of drug-likeness (QED) is 0.935. The van der Waals surface area contributed by atoms with E-state index in [4.69, 9.17) is 21.1 Å². The second-order valence-corrected chi connectivity index (χ2v) is 3.95. The summed E-state index contributed by atoms with van der Waals surface area (Å²) in [6, 6.07) is 10.3. The number of hydrogen-bond acceptors (Lipinski definition) is 4. The summed E-state index contributed by atoms with van der Waals surface area (Å²) in [5.74, 6) is 0.746. The number of ether oxygens (including phenoxy) is 2. The van der Waals surface area contributed by atoms with Crippen LogP contribution in [0.2, 0.25) is 5.02 Å². The van der Waals surface area contributed by atoms with E-state index >= 15 is 0 Å². The van der Waals surface area contributed by atoms with Gasteiger partial charge >= 0.3 is 6.09 Å². The van der Waals surface area contributed by atoms with Crippen molar-refractivity contribution < 1.29 is 14.3 Å². The highest BCUT2D eigenvalue weighted by Gasteiger charge is 2.08. The van der Waals surface area contributed by atoms with Gasteiger partial charge in [-0.15, -0.1) is 0 Å². The second kappa shape index (κ2) is 6.06. The summed E-state index contributed by atoms with van der Waals surface area (Å²) in [6.07, 6.45) is 0.811. The van der Waals surface area contributed by atoms with Crippen molar-refractivity contribution in [2.45, 2.75) is 0 Å². The van der Waals surface area contributed by atoms with Crippen molar-refractivity contribution in [3.05, 3.63) is 47.6 Å². The number of para-hydroxylation sites is 1. The summed E-state index contributed by atoms with van der Waals surface area (Å²) in [6.45, 7) is 0. The number of halogens is 1. The van der Waals surface area contributed by atoms with Crippen LogP contribution < -0.4 is 14.8 Å². The lowest BCUT2D eigenvalue weighted by Crippen LogP contribution is -2.16. The van der Waals surface area contributed by atoms with Crippen LogP contribution in [-0.2, 0) is 0 Å². The van der Waals surface area contributed by atoms with Gasteiger partial charge in [-0.1, -0.05) is 29.8 Å². The van der Waals surface area contributed by atoms with Crippen molar-refractivity contribution in [1.82, 2.24) is 4.98 Å². The SMILES string of the molecule is COc1ncc(NC(=O)Oc2ccccc2)cc1Cl. The Hall–Kier alpha value is -2.27. The molecule has 2 aromatic rings. The van der Waals surface area contributed by atoms with Crippen LogP contribution in [0.3, 0.4) is 0 Å². The molecule has 2 rings (SSSR count). The molecule has 1 heterocycles. The molecular formula is C13H11ClN2O3. The topological polar surface area (TPSA) is 60.5 Å². The summed E-state index contributed by atoms with van der Waals surface area (Å²) >= 11 is 5.89. The van der Waals surface area contributed by atoms with E-state index in [-0.39, 0.29) is 0 Å². The fourth-order valence-electron chi connectivity index (χ4n) is 1.38. The Labute approximate surface area is 115 Å². The first kappa shape index (κ1) is 13.2. The van der Waals surface area contributed by atoms with E-state index in [0.717, 1.165) is 0 Å². The van der Waals surface area contributed by atoms with Crippen LogP contribution in [0.25, 0.3) is 0 Å². The number of aromatic nitrogens is 1. The minimum absolute atomic E-state index is 0.295. The molecule has 1 aromatic heterocycles. The van der Waals surface area contributed by atoms with Crippen LogP contribution in [0.15, 0.2) is 42.6 Å². The first-order valence-electron chi connectivity index (χ1n) is 5.42. The maximum atomic E-state index is 11.6. The molecule has 0 saturated carbocycles. The molecule has 19 heavy (non-hydrogen) atoms. The van der Waals surface area contributed by atoms with Gasteiger partial charge in [0.05, 0.1) is 19.0 Å². The largest absolute Gasteiger partial charge is 0.480 e. The van der Waals surface area contributed by atoms with Crippen LogP contribution in [0.5, 0.6) is 11.6 Å². The number of benzene rings is 1. The van der Waals surface area contributed by atoms with E-state index in [1.807, 2.05) is 6.07 Å². The lowest BCUT2D eigenvalue weighted by Gasteiger charge is -2.07. The number of nitrogens with one attached hydrogen (secondary N) is 1. The molecule has 98 valence electrons. The molecule has 0 saturated heterocycles. The molecule has 0 aliphatic rings. The van der Waals surface area contributed by atoms with Gasteiger partial charge in [-0.2, -0.15) is 0 Å². The predicted molar refractivity (Wildman–Crippen MR) is 71.9 cm³/mol. The van der Waals surface area contributed by atoms with Gasteiger partial charge in [0, 0.05) is 0 Å². The highest BCUT2D eigenvalue weighted by molar-refractivity contribution is 6.32. The van der Waals surface area contributed by atoms with Crippen LogP contribution >= 0.6 is 11.6 Å². The number of carbonyl (C=O) groups excluding carboxylic acids is 1.